The molecule has 122 valence electrons. The van der Waals surface area contributed by atoms with Crippen molar-refractivity contribution in [3.05, 3.63) is 35.4 Å². The number of benzene rings is 1. The summed E-state index contributed by atoms with van der Waals surface area (Å²) in [4.78, 5) is 11.6. The predicted molar refractivity (Wildman–Crippen MR) is 78.5 cm³/mol. The third-order valence-corrected chi connectivity index (χ3v) is 4.15. The molecule has 0 radical (unpaired) electrons. The Morgan fingerprint density at radius 2 is 2.09 bits per heavy atom. The lowest BCUT2D eigenvalue weighted by Crippen LogP contribution is -2.38. The van der Waals surface area contributed by atoms with Gasteiger partial charge in [0.15, 0.2) is 0 Å². The van der Waals surface area contributed by atoms with E-state index >= 15 is 0 Å². The second-order valence-corrected chi connectivity index (χ2v) is 5.76. The summed E-state index contributed by atoms with van der Waals surface area (Å²) in [7, 11) is 1.56. The summed E-state index contributed by atoms with van der Waals surface area (Å²) in [5.74, 6) is -1.37. The van der Waals surface area contributed by atoms with Crippen LogP contribution in [0.25, 0.3) is 0 Å². The molecule has 0 bridgehead atoms. The predicted octanol–water partition coefficient (Wildman–Crippen LogP) is 3.26. The van der Waals surface area contributed by atoms with Gasteiger partial charge in [0.25, 0.3) is 5.91 Å². The molecule has 0 aromatic heterocycles. The number of carbonyl (C=O) groups excluding carboxylic acids is 1. The fraction of sp³-hybridized carbons (Fsp3) is 0.562. The number of rotatable bonds is 4. The standard InChI is InChI=1S/C16H21F3N2O/c1-20-15(22)12-5-2-4-11(8-12)10-21-14-7-3-6-13(9-14)16(17,18)19/h2,4-5,8,13-14,21H,3,6-7,9-10H2,1H3,(H,20,22)/t13-,14-/m0/s1. The number of hydrogen-bond donors (Lipinski definition) is 2. The molecule has 0 unspecified atom stereocenters. The van der Waals surface area contributed by atoms with Crippen LogP contribution in [0.1, 0.15) is 41.6 Å². The molecule has 6 heteroatoms. The molecule has 2 N–H and O–H groups in total. The Morgan fingerprint density at radius 1 is 1.32 bits per heavy atom. The highest BCUT2D eigenvalue weighted by Crippen LogP contribution is 2.37. The van der Waals surface area contributed by atoms with Gasteiger partial charge in [-0.05, 0) is 37.0 Å². The number of carbonyl (C=O) groups is 1. The third-order valence-electron chi connectivity index (χ3n) is 4.15. The fourth-order valence-electron chi connectivity index (χ4n) is 2.90. The van der Waals surface area contributed by atoms with Gasteiger partial charge in [-0.1, -0.05) is 18.6 Å². The molecule has 1 aromatic rings. The molecular weight excluding hydrogens is 293 g/mol. The van der Waals surface area contributed by atoms with E-state index in [1.807, 2.05) is 6.07 Å². The minimum atomic E-state index is -4.10. The second kappa shape index (κ2) is 7.13. The zero-order valence-corrected chi connectivity index (χ0v) is 12.5. The molecule has 22 heavy (non-hydrogen) atoms. The van der Waals surface area contributed by atoms with Crippen molar-refractivity contribution in [1.82, 2.24) is 10.6 Å². The Bertz CT molecular complexity index is 516. The maximum absolute atomic E-state index is 12.8. The van der Waals surface area contributed by atoms with Crippen LogP contribution in [0.2, 0.25) is 0 Å². The summed E-state index contributed by atoms with van der Waals surface area (Å²) in [6.45, 7) is 0.472. The average Bonchev–Trinajstić information content (AvgIpc) is 2.52. The normalized spacial score (nSPS) is 22.4. The molecule has 1 aliphatic carbocycles. The molecule has 1 amide bonds. The minimum absolute atomic E-state index is 0.121. The first-order valence-corrected chi connectivity index (χ1v) is 7.51. The second-order valence-electron chi connectivity index (χ2n) is 5.76. The highest BCUT2D eigenvalue weighted by atomic mass is 19.4. The number of hydrogen-bond acceptors (Lipinski definition) is 2. The van der Waals surface area contributed by atoms with Crippen LogP contribution < -0.4 is 10.6 Å². The molecule has 0 aliphatic heterocycles. The summed E-state index contributed by atoms with van der Waals surface area (Å²) >= 11 is 0. The largest absolute Gasteiger partial charge is 0.391 e. The van der Waals surface area contributed by atoms with E-state index in [0.29, 0.717) is 18.5 Å². The summed E-state index contributed by atoms with van der Waals surface area (Å²) in [6, 6.07) is 6.99. The lowest BCUT2D eigenvalue weighted by atomic mass is 9.85. The molecule has 0 spiro atoms. The van der Waals surface area contributed by atoms with Crippen LogP contribution in [0.4, 0.5) is 13.2 Å². The molecule has 1 aliphatic rings. The monoisotopic (exact) mass is 314 g/mol. The zero-order chi connectivity index (χ0) is 16.2. The smallest absolute Gasteiger partial charge is 0.355 e. The van der Waals surface area contributed by atoms with Crippen LogP contribution >= 0.6 is 0 Å². The Labute approximate surface area is 128 Å². The Morgan fingerprint density at radius 3 is 2.77 bits per heavy atom. The third kappa shape index (κ3) is 4.47. The number of halogens is 3. The molecule has 0 heterocycles. The molecule has 3 nitrogen and oxygen atoms in total. The number of alkyl halides is 3. The van der Waals surface area contributed by atoms with Crippen molar-refractivity contribution in [3.63, 3.8) is 0 Å². The summed E-state index contributed by atoms with van der Waals surface area (Å²) < 4.78 is 38.4. The Balaban J connectivity index is 1.91. The summed E-state index contributed by atoms with van der Waals surface area (Å²) in [6.07, 6.45) is -2.37. The van der Waals surface area contributed by atoms with Crippen LogP contribution in [-0.2, 0) is 6.54 Å². The van der Waals surface area contributed by atoms with Gasteiger partial charge in [-0.2, -0.15) is 13.2 Å². The summed E-state index contributed by atoms with van der Waals surface area (Å²) in [5.41, 5.74) is 1.45. The SMILES string of the molecule is CNC(=O)c1cccc(CN[C@H]2CCC[C@H](C(F)(F)F)C2)c1. The molecule has 1 aromatic carbocycles. The van der Waals surface area contributed by atoms with Gasteiger partial charge in [-0.25, -0.2) is 0 Å². The first kappa shape index (κ1) is 16.8. The molecule has 0 saturated heterocycles. The van der Waals surface area contributed by atoms with Gasteiger partial charge in [-0.3, -0.25) is 4.79 Å². The number of nitrogens with one attached hydrogen (secondary N) is 2. The van der Waals surface area contributed by atoms with Gasteiger partial charge in [0.1, 0.15) is 0 Å². The molecule has 1 saturated carbocycles. The number of amides is 1. The van der Waals surface area contributed by atoms with Gasteiger partial charge in [-0.15, -0.1) is 0 Å². The van der Waals surface area contributed by atoms with E-state index in [9.17, 15) is 18.0 Å². The van der Waals surface area contributed by atoms with Crippen molar-refractivity contribution in [2.75, 3.05) is 7.05 Å². The van der Waals surface area contributed by atoms with Crippen molar-refractivity contribution in [3.8, 4) is 0 Å². The summed E-state index contributed by atoms with van der Waals surface area (Å²) in [5, 5.41) is 5.74. The lowest BCUT2D eigenvalue weighted by Gasteiger charge is -2.31. The molecular formula is C16H21F3N2O. The fourth-order valence-corrected chi connectivity index (χ4v) is 2.90. The van der Waals surface area contributed by atoms with E-state index in [1.54, 1.807) is 25.2 Å². The van der Waals surface area contributed by atoms with Crippen molar-refractivity contribution in [2.24, 2.45) is 5.92 Å². The van der Waals surface area contributed by atoms with Crippen molar-refractivity contribution >= 4 is 5.91 Å². The Hall–Kier alpha value is -1.56. The van der Waals surface area contributed by atoms with Crippen LogP contribution in [0.3, 0.4) is 0 Å². The highest BCUT2D eigenvalue weighted by molar-refractivity contribution is 5.94. The van der Waals surface area contributed by atoms with Crippen LogP contribution in [0.5, 0.6) is 0 Å². The first-order chi connectivity index (χ1) is 10.4. The molecule has 2 rings (SSSR count). The topological polar surface area (TPSA) is 41.1 Å². The van der Waals surface area contributed by atoms with E-state index in [1.165, 1.54) is 0 Å². The molecule has 2 atom stereocenters. The van der Waals surface area contributed by atoms with E-state index < -0.39 is 12.1 Å². The van der Waals surface area contributed by atoms with Gasteiger partial charge in [0.2, 0.25) is 0 Å². The maximum atomic E-state index is 12.8. The zero-order valence-electron chi connectivity index (χ0n) is 12.5. The maximum Gasteiger partial charge on any atom is 0.391 e. The van der Waals surface area contributed by atoms with Crippen LogP contribution in [0.15, 0.2) is 24.3 Å². The van der Waals surface area contributed by atoms with Crippen molar-refractivity contribution in [2.45, 2.75) is 44.4 Å². The van der Waals surface area contributed by atoms with Gasteiger partial charge in [0, 0.05) is 25.2 Å². The van der Waals surface area contributed by atoms with Gasteiger partial charge < -0.3 is 10.6 Å². The van der Waals surface area contributed by atoms with Crippen molar-refractivity contribution < 1.29 is 18.0 Å². The van der Waals surface area contributed by atoms with Crippen LogP contribution in [0, 0.1) is 5.92 Å². The molecule has 1 fully saturated rings. The first-order valence-electron chi connectivity index (χ1n) is 7.51. The van der Waals surface area contributed by atoms with E-state index in [4.69, 9.17) is 0 Å². The quantitative estimate of drug-likeness (QED) is 0.895. The van der Waals surface area contributed by atoms with E-state index in [0.717, 1.165) is 12.0 Å². The van der Waals surface area contributed by atoms with Crippen molar-refractivity contribution in [1.29, 1.82) is 0 Å². The average molecular weight is 314 g/mol. The highest BCUT2D eigenvalue weighted by Gasteiger charge is 2.41. The minimum Gasteiger partial charge on any atom is -0.355 e. The van der Waals surface area contributed by atoms with Crippen LogP contribution in [-0.4, -0.2) is 25.2 Å². The van der Waals surface area contributed by atoms with E-state index in [-0.39, 0.29) is 24.8 Å². The van der Waals surface area contributed by atoms with Gasteiger partial charge >= 0.3 is 6.18 Å². The van der Waals surface area contributed by atoms with Gasteiger partial charge in [0.05, 0.1) is 5.92 Å². The lowest BCUT2D eigenvalue weighted by molar-refractivity contribution is -0.183. The Kier molecular flexibility index (Phi) is 5.45. The van der Waals surface area contributed by atoms with E-state index in [2.05, 4.69) is 10.6 Å².